The van der Waals surface area contributed by atoms with Crippen LogP contribution in [0.5, 0.6) is 0 Å². The first-order valence-corrected chi connectivity index (χ1v) is 5.67. The van der Waals surface area contributed by atoms with Gasteiger partial charge in [0.05, 0.1) is 0 Å². The SMILES string of the molecule is CCNC(=O)CCNCCc1nccn1C. The van der Waals surface area contributed by atoms with E-state index in [9.17, 15) is 4.79 Å². The van der Waals surface area contributed by atoms with Crippen LogP contribution in [0.3, 0.4) is 0 Å². The predicted octanol–water partition coefficient (Wildman–Crippen LogP) is 0.0784. The molecule has 0 saturated carbocycles. The first kappa shape index (κ1) is 12.7. The lowest BCUT2D eigenvalue weighted by Gasteiger charge is -2.05. The third-order valence-electron chi connectivity index (χ3n) is 2.35. The maximum atomic E-state index is 11.1. The summed E-state index contributed by atoms with van der Waals surface area (Å²) >= 11 is 0. The van der Waals surface area contributed by atoms with Crippen LogP contribution in [0.1, 0.15) is 19.2 Å². The minimum Gasteiger partial charge on any atom is -0.356 e. The van der Waals surface area contributed by atoms with Crippen LogP contribution in [0.15, 0.2) is 12.4 Å². The molecule has 0 aromatic carbocycles. The largest absolute Gasteiger partial charge is 0.356 e. The Bertz CT molecular complexity index is 322. The Balaban J connectivity index is 2.04. The summed E-state index contributed by atoms with van der Waals surface area (Å²) in [4.78, 5) is 15.3. The monoisotopic (exact) mass is 224 g/mol. The van der Waals surface area contributed by atoms with Crippen molar-refractivity contribution in [3.05, 3.63) is 18.2 Å². The molecular formula is C11H20N4O. The van der Waals surface area contributed by atoms with Gasteiger partial charge in [0.25, 0.3) is 0 Å². The quantitative estimate of drug-likeness (QED) is 0.645. The van der Waals surface area contributed by atoms with Crippen LogP contribution in [0.25, 0.3) is 0 Å². The van der Waals surface area contributed by atoms with Gasteiger partial charge in [-0.25, -0.2) is 4.98 Å². The number of imidazole rings is 1. The minimum atomic E-state index is 0.104. The third-order valence-corrected chi connectivity index (χ3v) is 2.35. The van der Waals surface area contributed by atoms with E-state index in [2.05, 4.69) is 15.6 Å². The number of nitrogens with zero attached hydrogens (tertiary/aromatic N) is 2. The van der Waals surface area contributed by atoms with Gasteiger partial charge in [0.15, 0.2) is 0 Å². The van der Waals surface area contributed by atoms with Gasteiger partial charge in [0.1, 0.15) is 5.82 Å². The maximum absolute atomic E-state index is 11.1. The second-order valence-corrected chi connectivity index (χ2v) is 3.66. The van der Waals surface area contributed by atoms with Gasteiger partial charge in [0, 0.05) is 51.9 Å². The van der Waals surface area contributed by atoms with Gasteiger partial charge < -0.3 is 15.2 Å². The summed E-state index contributed by atoms with van der Waals surface area (Å²) in [5.74, 6) is 1.16. The van der Waals surface area contributed by atoms with Crippen LogP contribution in [-0.2, 0) is 18.3 Å². The highest BCUT2D eigenvalue weighted by molar-refractivity contribution is 5.75. The number of amides is 1. The van der Waals surface area contributed by atoms with Gasteiger partial charge in [-0.2, -0.15) is 0 Å². The number of nitrogens with one attached hydrogen (secondary N) is 2. The van der Waals surface area contributed by atoms with Gasteiger partial charge in [-0.05, 0) is 6.92 Å². The summed E-state index contributed by atoms with van der Waals surface area (Å²) in [7, 11) is 1.98. The van der Waals surface area contributed by atoms with Crippen molar-refractivity contribution in [2.24, 2.45) is 7.05 Å². The van der Waals surface area contributed by atoms with Crippen molar-refractivity contribution in [3.63, 3.8) is 0 Å². The molecule has 2 N–H and O–H groups in total. The van der Waals surface area contributed by atoms with Gasteiger partial charge >= 0.3 is 0 Å². The van der Waals surface area contributed by atoms with Crippen molar-refractivity contribution in [1.82, 2.24) is 20.2 Å². The number of carbonyl (C=O) groups excluding carboxylic acids is 1. The molecule has 1 heterocycles. The zero-order valence-electron chi connectivity index (χ0n) is 9.99. The minimum absolute atomic E-state index is 0.104. The maximum Gasteiger partial charge on any atom is 0.221 e. The fourth-order valence-corrected chi connectivity index (χ4v) is 1.45. The summed E-state index contributed by atoms with van der Waals surface area (Å²) in [6.07, 6.45) is 5.15. The molecule has 90 valence electrons. The Kier molecular flexibility index (Phi) is 5.56. The van der Waals surface area contributed by atoms with Crippen LogP contribution in [-0.4, -0.2) is 35.1 Å². The molecule has 1 aromatic rings. The van der Waals surface area contributed by atoms with Crippen molar-refractivity contribution in [3.8, 4) is 0 Å². The molecule has 16 heavy (non-hydrogen) atoms. The highest BCUT2D eigenvalue weighted by Crippen LogP contribution is 1.93. The molecule has 0 bridgehead atoms. The van der Waals surface area contributed by atoms with E-state index >= 15 is 0 Å². The molecule has 1 amide bonds. The summed E-state index contributed by atoms with van der Waals surface area (Å²) in [5.41, 5.74) is 0. The second-order valence-electron chi connectivity index (χ2n) is 3.66. The van der Waals surface area contributed by atoms with E-state index in [1.165, 1.54) is 0 Å². The Morgan fingerprint density at radius 1 is 1.50 bits per heavy atom. The highest BCUT2D eigenvalue weighted by Gasteiger charge is 2.00. The predicted molar refractivity (Wildman–Crippen MR) is 63.1 cm³/mol. The molecule has 5 nitrogen and oxygen atoms in total. The van der Waals surface area contributed by atoms with Crippen molar-refractivity contribution >= 4 is 5.91 Å². The van der Waals surface area contributed by atoms with Crippen molar-refractivity contribution in [2.75, 3.05) is 19.6 Å². The van der Waals surface area contributed by atoms with Crippen LogP contribution in [0.2, 0.25) is 0 Å². The molecule has 0 aliphatic rings. The van der Waals surface area contributed by atoms with Crippen LogP contribution in [0.4, 0.5) is 0 Å². The van der Waals surface area contributed by atoms with Gasteiger partial charge in [-0.3, -0.25) is 4.79 Å². The second kappa shape index (κ2) is 7.00. The first-order chi connectivity index (χ1) is 7.74. The Labute approximate surface area is 96.3 Å². The van der Waals surface area contributed by atoms with Crippen LogP contribution < -0.4 is 10.6 Å². The molecular weight excluding hydrogens is 204 g/mol. The van der Waals surface area contributed by atoms with Gasteiger partial charge in [-0.15, -0.1) is 0 Å². The van der Waals surface area contributed by atoms with Crippen molar-refractivity contribution in [1.29, 1.82) is 0 Å². The average molecular weight is 224 g/mol. The lowest BCUT2D eigenvalue weighted by atomic mass is 10.3. The third kappa shape index (κ3) is 4.44. The highest BCUT2D eigenvalue weighted by atomic mass is 16.1. The lowest BCUT2D eigenvalue weighted by Crippen LogP contribution is -2.28. The molecule has 0 unspecified atom stereocenters. The van der Waals surface area contributed by atoms with E-state index in [4.69, 9.17) is 0 Å². The van der Waals surface area contributed by atoms with Crippen LogP contribution >= 0.6 is 0 Å². The zero-order valence-corrected chi connectivity index (χ0v) is 9.99. The number of carbonyl (C=O) groups is 1. The van der Waals surface area contributed by atoms with E-state index in [1.807, 2.05) is 24.7 Å². The van der Waals surface area contributed by atoms with E-state index in [-0.39, 0.29) is 5.91 Å². The molecule has 5 heteroatoms. The van der Waals surface area contributed by atoms with E-state index in [0.29, 0.717) is 13.0 Å². The molecule has 1 rings (SSSR count). The fourth-order valence-electron chi connectivity index (χ4n) is 1.45. The molecule has 0 atom stereocenters. The Morgan fingerprint density at radius 3 is 2.94 bits per heavy atom. The number of aromatic nitrogens is 2. The number of aryl methyl sites for hydroxylation is 1. The number of rotatable bonds is 7. The number of hydrogen-bond donors (Lipinski definition) is 2. The number of hydrogen-bond acceptors (Lipinski definition) is 3. The van der Waals surface area contributed by atoms with Crippen LogP contribution in [0, 0.1) is 0 Å². The van der Waals surface area contributed by atoms with Gasteiger partial charge in [0.2, 0.25) is 5.91 Å². The normalized spacial score (nSPS) is 10.4. The molecule has 0 aliphatic carbocycles. The molecule has 0 fully saturated rings. The van der Waals surface area contributed by atoms with E-state index in [1.54, 1.807) is 6.20 Å². The standard InChI is InChI=1S/C11H20N4O/c1-3-13-11(16)5-7-12-6-4-10-14-8-9-15(10)2/h8-9,12H,3-7H2,1-2H3,(H,13,16). The fraction of sp³-hybridized carbons (Fsp3) is 0.636. The van der Waals surface area contributed by atoms with Crippen molar-refractivity contribution < 1.29 is 4.79 Å². The Morgan fingerprint density at radius 2 is 2.31 bits per heavy atom. The molecule has 1 aromatic heterocycles. The summed E-state index contributed by atoms with van der Waals surface area (Å²) in [5, 5.41) is 5.99. The first-order valence-electron chi connectivity index (χ1n) is 5.67. The van der Waals surface area contributed by atoms with Gasteiger partial charge in [-0.1, -0.05) is 0 Å². The summed E-state index contributed by atoms with van der Waals surface area (Å²) in [6, 6.07) is 0. The molecule has 0 spiro atoms. The molecule has 0 aliphatic heterocycles. The van der Waals surface area contributed by atoms with Crippen molar-refractivity contribution in [2.45, 2.75) is 19.8 Å². The van der Waals surface area contributed by atoms with E-state index in [0.717, 1.165) is 25.3 Å². The summed E-state index contributed by atoms with van der Waals surface area (Å²) in [6.45, 7) is 4.19. The topological polar surface area (TPSA) is 59.0 Å². The Hall–Kier alpha value is -1.36. The molecule has 0 radical (unpaired) electrons. The molecule has 0 saturated heterocycles. The average Bonchev–Trinajstić information content (AvgIpc) is 2.64. The smallest absolute Gasteiger partial charge is 0.221 e. The lowest BCUT2D eigenvalue weighted by molar-refractivity contribution is -0.120. The van der Waals surface area contributed by atoms with E-state index < -0.39 is 0 Å². The zero-order chi connectivity index (χ0) is 11.8. The summed E-state index contributed by atoms with van der Waals surface area (Å²) < 4.78 is 2.01.